The largest absolute Gasteiger partial charge is 0.399 e. The summed E-state index contributed by atoms with van der Waals surface area (Å²) in [5.41, 5.74) is 6.72. The molecule has 7 heteroatoms. The fourth-order valence-corrected chi connectivity index (χ4v) is 2.94. The van der Waals surface area contributed by atoms with Crippen LogP contribution in [0.15, 0.2) is 24.3 Å². The van der Waals surface area contributed by atoms with Crippen LogP contribution in [0.3, 0.4) is 0 Å². The van der Waals surface area contributed by atoms with E-state index in [0.29, 0.717) is 11.3 Å². The van der Waals surface area contributed by atoms with Crippen LogP contribution in [0.5, 0.6) is 0 Å². The Labute approximate surface area is 113 Å². The average Bonchev–Trinajstić information content (AvgIpc) is 2.30. The van der Waals surface area contributed by atoms with Crippen molar-refractivity contribution in [3.8, 4) is 0 Å². The lowest BCUT2D eigenvalue weighted by atomic mass is 10.2. The van der Waals surface area contributed by atoms with Crippen LogP contribution in [0.4, 0.5) is 5.69 Å². The van der Waals surface area contributed by atoms with Gasteiger partial charge in [0.25, 0.3) is 0 Å². The summed E-state index contributed by atoms with van der Waals surface area (Å²) in [6.45, 7) is 1.52. The van der Waals surface area contributed by atoms with Crippen molar-refractivity contribution in [3.63, 3.8) is 0 Å². The summed E-state index contributed by atoms with van der Waals surface area (Å²) in [6, 6.07) is 5.78. The molecule has 19 heavy (non-hydrogen) atoms. The molecule has 0 aromatic heterocycles. The van der Waals surface area contributed by atoms with Gasteiger partial charge in [-0.1, -0.05) is 12.1 Å². The molecular formula is C12H19N3O3S. The minimum Gasteiger partial charge on any atom is -0.399 e. The molecule has 3 N–H and O–H groups in total. The van der Waals surface area contributed by atoms with Crippen molar-refractivity contribution in [2.75, 3.05) is 19.8 Å². The molecule has 6 nitrogen and oxygen atoms in total. The van der Waals surface area contributed by atoms with Crippen molar-refractivity contribution in [2.45, 2.75) is 18.7 Å². The van der Waals surface area contributed by atoms with E-state index in [0.717, 1.165) is 0 Å². The highest BCUT2D eigenvalue weighted by molar-refractivity contribution is 7.88. The minimum atomic E-state index is -3.56. The van der Waals surface area contributed by atoms with Crippen molar-refractivity contribution in [3.05, 3.63) is 29.8 Å². The molecule has 0 spiro atoms. The zero-order valence-electron chi connectivity index (χ0n) is 11.3. The zero-order chi connectivity index (χ0) is 14.6. The maximum absolute atomic E-state index is 11.9. The number of likely N-dealkylation sites (N-methyl/N-ethyl adjacent to an activating group) is 1. The van der Waals surface area contributed by atoms with Gasteiger partial charge in [-0.2, -0.15) is 0 Å². The summed E-state index contributed by atoms with van der Waals surface area (Å²) in [5.74, 6) is -0.473. The van der Waals surface area contributed by atoms with Gasteiger partial charge in [-0.15, -0.1) is 0 Å². The smallest absolute Gasteiger partial charge is 0.239 e. The van der Waals surface area contributed by atoms with E-state index >= 15 is 0 Å². The topological polar surface area (TPSA) is 92.5 Å². The van der Waals surface area contributed by atoms with Crippen LogP contribution in [0.1, 0.15) is 12.5 Å². The number of nitrogens with one attached hydrogen (secondary N) is 1. The van der Waals surface area contributed by atoms with Gasteiger partial charge in [0.15, 0.2) is 0 Å². The van der Waals surface area contributed by atoms with E-state index in [4.69, 9.17) is 5.73 Å². The number of carbonyl (C=O) groups excluding carboxylic acids is 1. The monoisotopic (exact) mass is 285 g/mol. The third-order valence-corrected chi connectivity index (χ3v) is 3.93. The van der Waals surface area contributed by atoms with Gasteiger partial charge in [0.1, 0.15) is 0 Å². The molecule has 1 amide bonds. The first-order valence-electron chi connectivity index (χ1n) is 5.77. The lowest BCUT2D eigenvalue weighted by Gasteiger charge is -2.18. The number of anilines is 1. The minimum absolute atomic E-state index is 0.182. The molecule has 0 aliphatic heterocycles. The maximum atomic E-state index is 11.9. The highest BCUT2D eigenvalue weighted by atomic mass is 32.2. The van der Waals surface area contributed by atoms with Gasteiger partial charge in [-0.05, 0) is 24.6 Å². The molecule has 1 unspecified atom stereocenters. The summed E-state index contributed by atoms with van der Waals surface area (Å²) < 4.78 is 26.2. The molecule has 1 rings (SSSR count). The molecule has 1 aromatic rings. The lowest BCUT2D eigenvalue weighted by Crippen LogP contribution is -2.44. The summed E-state index contributed by atoms with van der Waals surface area (Å²) in [5, 5.41) is 0. The Bertz CT molecular complexity index is 538. The number of benzene rings is 1. The molecule has 0 bridgehead atoms. The van der Waals surface area contributed by atoms with E-state index in [1.165, 1.54) is 11.8 Å². The summed E-state index contributed by atoms with van der Waals surface area (Å²) >= 11 is 0. The number of sulfonamides is 1. The fraction of sp³-hybridized carbons (Fsp3) is 0.417. The quantitative estimate of drug-likeness (QED) is 0.754. The second-order valence-corrected chi connectivity index (χ2v) is 6.33. The highest BCUT2D eigenvalue weighted by Crippen LogP contribution is 2.09. The Balaban J connectivity index is 2.72. The van der Waals surface area contributed by atoms with E-state index in [1.807, 2.05) is 0 Å². The van der Waals surface area contributed by atoms with Crippen molar-refractivity contribution in [1.29, 1.82) is 0 Å². The number of carbonyl (C=O) groups is 1. The number of hydrogen-bond acceptors (Lipinski definition) is 4. The Kier molecular flexibility index (Phi) is 4.90. The van der Waals surface area contributed by atoms with Crippen LogP contribution in [0.2, 0.25) is 0 Å². The molecule has 0 fully saturated rings. The highest BCUT2D eigenvalue weighted by Gasteiger charge is 2.21. The van der Waals surface area contributed by atoms with Gasteiger partial charge in [0.05, 0.1) is 11.8 Å². The number of rotatable bonds is 5. The molecule has 0 heterocycles. The van der Waals surface area contributed by atoms with E-state index in [2.05, 4.69) is 4.72 Å². The molecule has 0 aliphatic rings. The van der Waals surface area contributed by atoms with Crippen LogP contribution in [-0.4, -0.2) is 39.4 Å². The SMILES string of the molecule is CC(NS(=O)(=O)Cc1ccc(N)cc1)C(=O)N(C)C. The third-order valence-electron chi connectivity index (χ3n) is 2.50. The molecule has 1 atom stereocenters. The number of nitrogen functional groups attached to an aromatic ring is 1. The van der Waals surface area contributed by atoms with E-state index in [1.54, 1.807) is 38.4 Å². The Morgan fingerprint density at radius 2 is 1.84 bits per heavy atom. The van der Waals surface area contributed by atoms with Crippen molar-refractivity contribution < 1.29 is 13.2 Å². The predicted octanol–water partition coefficient (Wildman–Crippen LogP) is 0.165. The molecular weight excluding hydrogens is 266 g/mol. The van der Waals surface area contributed by atoms with Crippen LogP contribution >= 0.6 is 0 Å². The lowest BCUT2D eigenvalue weighted by molar-refractivity contribution is -0.130. The van der Waals surface area contributed by atoms with Gasteiger partial charge in [-0.25, -0.2) is 13.1 Å². The molecule has 0 saturated heterocycles. The fourth-order valence-electron chi connectivity index (χ4n) is 1.58. The average molecular weight is 285 g/mol. The van der Waals surface area contributed by atoms with Crippen molar-refractivity contribution in [1.82, 2.24) is 9.62 Å². The van der Waals surface area contributed by atoms with Crippen LogP contribution in [0.25, 0.3) is 0 Å². The summed E-state index contributed by atoms with van der Waals surface area (Å²) in [4.78, 5) is 12.9. The number of nitrogens with zero attached hydrogens (tertiary/aromatic N) is 1. The van der Waals surface area contributed by atoms with Gasteiger partial charge in [-0.3, -0.25) is 4.79 Å². The maximum Gasteiger partial charge on any atom is 0.239 e. The van der Waals surface area contributed by atoms with Crippen LogP contribution < -0.4 is 10.5 Å². The van der Waals surface area contributed by atoms with Crippen molar-refractivity contribution in [2.24, 2.45) is 0 Å². The second-order valence-electron chi connectivity index (χ2n) is 4.57. The van der Waals surface area contributed by atoms with Gasteiger partial charge >= 0.3 is 0 Å². The second kappa shape index (κ2) is 6.03. The van der Waals surface area contributed by atoms with Crippen LogP contribution in [-0.2, 0) is 20.6 Å². The van der Waals surface area contributed by atoms with E-state index < -0.39 is 16.1 Å². The molecule has 106 valence electrons. The molecule has 0 radical (unpaired) electrons. The third kappa shape index (κ3) is 4.88. The number of nitrogens with two attached hydrogens (primary N) is 1. The van der Waals surface area contributed by atoms with Crippen LogP contribution in [0, 0.1) is 0 Å². The summed E-state index contributed by atoms with van der Waals surface area (Å²) in [6.07, 6.45) is 0. The first-order chi connectivity index (χ1) is 8.71. The van der Waals surface area contributed by atoms with E-state index in [9.17, 15) is 13.2 Å². The Hall–Kier alpha value is -1.60. The van der Waals surface area contributed by atoms with Gasteiger partial charge in [0, 0.05) is 19.8 Å². The Morgan fingerprint density at radius 3 is 2.32 bits per heavy atom. The Morgan fingerprint density at radius 1 is 1.32 bits per heavy atom. The first kappa shape index (κ1) is 15.5. The standard InChI is InChI=1S/C12H19N3O3S/c1-9(12(16)15(2)3)14-19(17,18)8-10-4-6-11(13)7-5-10/h4-7,9,14H,8,13H2,1-3H3. The number of hydrogen-bond donors (Lipinski definition) is 2. The summed E-state index contributed by atoms with van der Waals surface area (Å²) in [7, 11) is -0.411. The molecule has 1 aromatic carbocycles. The van der Waals surface area contributed by atoms with Gasteiger partial charge in [0.2, 0.25) is 15.9 Å². The molecule has 0 saturated carbocycles. The van der Waals surface area contributed by atoms with Gasteiger partial charge < -0.3 is 10.6 Å². The predicted molar refractivity (Wildman–Crippen MR) is 74.8 cm³/mol. The van der Waals surface area contributed by atoms with E-state index in [-0.39, 0.29) is 11.7 Å². The number of amides is 1. The van der Waals surface area contributed by atoms with Crippen molar-refractivity contribution >= 4 is 21.6 Å². The molecule has 0 aliphatic carbocycles. The normalized spacial score (nSPS) is 13.0. The zero-order valence-corrected chi connectivity index (χ0v) is 12.1. The first-order valence-corrected chi connectivity index (χ1v) is 7.42.